The molecule has 1 unspecified atom stereocenters. The van der Waals surface area contributed by atoms with Crippen molar-refractivity contribution in [2.75, 3.05) is 12.4 Å². The van der Waals surface area contributed by atoms with Gasteiger partial charge in [-0.3, -0.25) is 0 Å². The first kappa shape index (κ1) is 13.9. The van der Waals surface area contributed by atoms with Crippen LogP contribution in [0.3, 0.4) is 0 Å². The summed E-state index contributed by atoms with van der Waals surface area (Å²) in [6.07, 6.45) is 4.58. The van der Waals surface area contributed by atoms with Gasteiger partial charge in [0.1, 0.15) is 0 Å². The van der Waals surface area contributed by atoms with Crippen LogP contribution in [0.4, 0.5) is 0 Å². The summed E-state index contributed by atoms with van der Waals surface area (Å²) in [5, 5.41) is 8.65. The Balaban J connectivity index is 2.58. The molecule has 0 heterocycles. The average molecular weight is 249 g/mol. The van der Waals surface area contributed by atoms with E-state index in [0.29, 0.717) is 6.42 Å². The summed E-state index contributed by atoms with van der Waals surface area (Å²) in [5.41, 5.74) is 0.0462. The van der Waals surface area contributed by atoms with Crippen molar-refractivity contribution in [2.24, 2.45) is 5.41 Å². The van der Waals surface area contributed by atoms with E-state index >= 15 is 0 Å². The molecule has 0 aliphatic heterocycles. The lowest BCUT2D eigenvalue weighted by molar-refractivity contribution is 0.188. The van der Waals surface area contributed by atoms with Gasteiger partial charge in [0.2, 0.25) is 10.0 Å². The summed E-state index contributed by atoms with van der Waals surface area (Å²) in [6, 6.07) is 0.0462. The number of nitrogens with one attached hydrogen (secondary N) is 1. The lowest BCUT2D eigenvalue weighted by atomic mass is 9.74. The average Bonchev–Trinajstić information content (AvgIpc) is 2.18. The lowest BCUT2D eigenvalue weighted by Gasteiger charge is -2.38. The van der Waals surface area contributed by atoms with Crippen molar-refractivity contribution in [1.29, 1.82) is 0 Å². The predicted molar refractivity (Wildman–Crippen MR) is 64.7 cm³/mol. The summed E-state index contributed by atoms with van der Waals surface area (Å²) >= 11 is 0. The van der Waals surface area contributed by atoms with E-state index in [1.807, 2.05) is 0 Å². The van der Waals surface area contributed by atoms with Crippen LogP contribution < -0.4 is 4.72 Å². The SMILES string of the molecule is CC1(C)CCCCC1NS(=O)(=O)CCCO. The normalized spacial score (nSPS) is 25.6. The summed E-state index contributed by atoms with van der Waals surface area (Å²) < 4.78 is 26.2. The zero-order valence-corrected chi connectivity index (χ0v) is 11.0. The van der Waals surface area contributed by atoms with Crippen LogP contribution in [0, 0.1) is 5.41 Å². The van der Waals surface area contributed by atoms with Gasteiger partial charge in [0.05, 0.1) is 5.75 Å². The molecule has 0 aromatic rings. The Bertz CT molecular complexity index is 311. The van der Waals surface area contributed by atoms with Crippen LogP contribution in [0.2, 0.25) is 0 Å². The molecule has 0 radical (unpaired) electrons. The lowest BCUT2D eigenvalue weighted by Crippen LogP contribution is -2.47. The zero-order valence-electron chi connectivity index (χ0n) is 10.2. The molecule has 1 aliphatic rings. The van der Waals surface area contributed by atoms with E-state index in [2.05, 4.69) is 18.6 Å². The molecule has 1 rings (SSSR count). The summed E-state index contributed by atoms with van der Waals surface area (Å²) in [7, 11) is -3.22. The van der Waals surface area contributed by atoms with E-state index in [4.69, 9.17) is 5.11 Å². The third-order valence-corrected chi connectivity index (χ3v) is 4.87. The van der Waals surface area contributed by atoms with Crippen LogP contribution in [0.5, 0.6) is 0 Å². The molecule has 1 saturated carbocycles. The largest absolute Gasteiger partial charge is 0.396 e. The molecule has 4 nitrogen and oxygen atoms in total. The molecular formula is C11H23NO3S. The number of hydrogen-bond donors (Lipinski definition) is 2. The molecule has 0 aromatic carbocycles. The molecule has 96 valence electrons. The molecule has 5 heteroatoms. The first-order valence-corrected chi connectivity index (χ1v) is 7.63. The van der Waals surface area contributed by atoms with Crippen molar-refractivity contribution < 1.29 is 13.5 Å². The quantitative estimate of drug-likeness (QED) is 0.771. The highest BCUT2D eigenvalue weighted by Crippen LogP contribution is 2.35. The fourth-order valence-corrected chi connectivity index (χ4v) is 3.74. The van der Waals surface area contributed by atoms with Crippen molar-refractivity contribution in [3.8, 4) is 0 Å². The molecule has 0 bridgehead atoms. The Kier molecular flexibility index (Phi) is 4.76. The number of aliphatic hydroxyl groups is 1. The van der Waals surface area contributed by atoms with Gasteiger partial charge in [-0.25, -0.2) is 13.1 Å². The molecular weight excluding hydrogens is 226 g/mol. The molecule has 1 aliphatic carbocycles. The molecule has 0 amide bonds. The Labute approximate surface area is 98.5 Å². The van der Waals surface area contributed by atoms with Crippen molar-refractivity contribution in [2.45, 2.75) is 52.0 Å². The van der Waals surface area contributed by atoms with Crippen molar-refractivity contribution in [3.05, 3.63) is 0 Å². The van der Waals surface area contributed by atoms with Crippen LogP contribution in [-0.4, -0.2) is 31.9 Å². The minimum Gasteiger partial charge on any atom is -0.396 e. The van der Waals surface area contributed by atoms with E-state index in [0.717, 1.165) is 19.3 Å². The van der Waals surface area contributed by atoms with Gasteiger partial charge in [-0.1, -0.05) is 26.7 Å². The van der Waals surface area contributed by atoms with Gasteiger partial charge >= 0.3 is 0 Å². The standard InChI is InChI=1S/C11H23NO3S/c1-11(2)7-4-3-6-10(11)12-16(14,15)9-5-8-13/h10,12-13H,3-9H2,1-2H3. The van der Waals surface area contributed by atoms with E-state index < -0.39 is 10.0 Å². The van der Waals surface area contributed by atoms with Crippen LogP contribution in [0.1, 0.15) is 46.0 Å². The van der Waals surface area contributed by atoms with E-state index in [1.165, 1.54) is 6.42 Å². The maximum absolute atomic E-state index is 11.7. The molecule has 1 atom stereocenters. The Morgan fingerprint density at radius 2 is 2.06 bits per heavy atom. The topological polar surface area (TPSA) is 66.4 Å². The van der Waals surface area contributed by atoms with Gasteiger partial charge < -0.3 is 5.11 Å². The van der Waals surface area contributed by atoms with Crippen LogP contribution in [-0.2, 0) is 10.0 Å². The maximum atomic E-state index is 11.7. The van der Waals surface area contributed by atoms with Crippen molar-refractivity contribution >= 4 is 10.0 Å². The fourth-order valence-electron chi connectivity index (χ4n) is 2.24. The van der Waals surface area contributed by atoms with Gasteiger partial charge in [0.25, 0.3) is 0 Å². The number of sulfonamides is 1. The third kappa shape index (κ3) is 4.03. The van der Waals surface area contributed by atoms with E-state index in [-0.39, 0.29) is 23.8 Å². The first-order valence-electron chi connectivity index (χ1n) is 5.98. The highest BCUT2D eigenvalue weighted by molar-refractivity contribution is 7.89. The highest BCUT2D eigenvalue weighted by atomic mass is 32.2. The second kappa shape index (κ2) is 5.47. The van der Waals surface area contributed by atoms with Crippen molar-refractivity contribution in [1.82, 2.24) is 4.72 Å². The smallest absolute Gasteiger partial charge is 0.211 e. The first-order chi connectivity index (χ1) is 7.37. The molecule has 16 heavy (non-hydrogen) atoms. The molecule has 1 fully saturated rings. The number of hydrogen-bond acceptors (Lipinski definition) is 3. The second-order valence-corrected chi connectivity index (χ2v) is 7.17. The maximum Gasteiger partial charge on any atom is 0.211 e. The minimum atomic E-state index is -3.22. The van der Waals surface area contributed by atoms with Gasteiger partial charge in [0.15, 0.2) is 0 Å². The van der Waals surface area contributed by atoms with Gasteiger partial charge in [-0.2, -0.15) is 0 Å². The van der Waals surface area contributed by atoms with Gasteiger partial charge in [-0.05, 0) is 24.7 Å². The van der Waals surface area contributed by atoms with Crippen LogP contribution in [0.15, 0.2) is 0 Å². The monoisotopic (exact) mass is 249 g/mol. The Morgan fingerprint density at radius 3 is 2.62 bits per heavy atom. The van der Waals surface area contributed by atoms with Crippen LogP contribution in [0.25, 0.3) is 0 Å². The van der Waals surface area contributed by atoms with E-state index in [9.17, 15) is 8.42 Å². The fraction of sp³-hybridized carbons (Fsp3) is 1.00. The van der Waals surface area contributed by atoms with Gasteiger partial charge in [0, 0.05) is 12.6 Å². The summed E-state index contributed by atoms with van der Waals surface area (Å²) in [4.78, 5) is 0. The molecule has 0 spiro atoms. The number of aliphatic hydroxyl groups excluding tert-OH is 1. The van der Waals surface area contributed by atoms with Crippen molar-refractivity contribution in [3.63, 3.8) is 0 Å². The zero-order chi connectivity index (χ0) is 12.2. The van der Waals surface area contributed by atoms with Gasteiger partial charge in [-0.15, -0.1) is 0 Å². The van der Waals surface area contributed by atoms with Crippen LogP contribution >= 0.6 is 0 Å². The Hall–Kier alpha value is -0.130. The predicted octanol–water partition coefficient (Wildman–Crippen LogP) is 1.26. The third-order valence-electron chi connectivity index (χ3n) is 3.40. The molecule has 0 aromatic heterocycles. The number of rotatable bonds is 5. The highest BCUT2D eigenvalue weighted by Gasteiger charge is 2.34. The Morgan fingerprint density at radius 1 is 1.38 bits per heavy atom. The molecule has 0 saturated heterocycles. The summed E-state index contributed by atoms with van der Waals surface area (Å²) in [6.45, 7) is 4.16. The summed E-state index contributed by atoms with van der Waals surface area (Å²) in [5.74, 6) is 0.0239. The second-order valence-electron chi connectivity index (χ2n) is 5.30. The molecule has 2 N–H and O–H groups in total. The minimum absolute atomic E-state index is 0.0239. The van der Waals surface area contributed by atoms with E-state index in [1.54, 1.807) is 0 Å².